The number of carbonyl (C=O) groups excluding carboxylic acids is 3. The molecule has 0 radical (unpaired) electrons. The van der Waals surface area contributed by atoms with Gasteiger partial charge in [-0.15, -0.1) is 0 Å². The fourth-order valence-corrected chi connectivity index (χ4v) is 7.17. The Balaban J connectivity index is 1.42. The van der Waals surface area contributed by atoms with Gasteiger partial charge in [0, 0.05) is 18.8 Å². The lowest BCUT2D eigenvalue weighted by Crippen LogP contribution is -2.45. The molecule has 1 aromatic carbocycles. The van der Waals surface area contributed by atoms with Crippen LogP contribution in [0.5, 0.6) is 5.19 Å². The number of amides is 1. The van der Waals surface area contributed by atoms with Crippen LogP contribution in [0.2, 0.25) is 0 Å². The van der Waals surface area contributed by atoms with Crippen LogP contribution in [0, 0.1) is 23.1 Å². The van der Waals surface area contributed by atoms with E-state index in [0.29, 0.717) is 28.3 Å². The van der Waals surface area contributed by atoms with Crippen molar-refractivity contribution < 1.29 is 38.1 Å². The highest BCUT2D eigenvalue weighted by Crippen LogP contribution is 2.57. The van der Waals surface area contributed by atoms with Crippen molar-refractivity contribution in [3.05, 3.63) is 36.2 Å². The Bertz CT molecular complexity index is 1430. The van der Waals surface area contributed by atoms with E-state index in [2.05, 4.69) is 4.98 Å². The SMILES string of the molecule is CC(C)(C)OC(=O)C[C@H]1CCCCC/C=C\[C@@H]2C[C@@]2(C(=O)O)CC(=O)[C@@H]2C[C@@H](Oc3nc4ccc(F)cc4s3)CN2C1=O. The molecule has 0 unspecified atom stereocenters. The van der Waals surface area contributed by atoms with Gasteiger partial charge in [-0.2, -0.15) is 0 Å². The third-order valence-corrected chi connectivity index (χ3v) is 9.45. The summed E-state index contributed by atoms with van der Waals surface area (Å²) in [7, 11) is 0. The summed E-state index contributed by atoms with van der Waals surface area (Å²) < 4.78 is 26.0. The van der Waals surface area contributed by atoms with E-state index in [4.69, 9.17) is 9.47 Å². The fraction of sp³-hybridized carbons (Fsp3) is 0.594. The van der Waals surface area contributed by atoms with Gasteiger partial charge in [-0.3, -0.25) is 19.2 Å². The van der Waals surface area contributed by atoms with Crippen molar-refractivity contribution in [2.45, 2.75) is 96.3 Å². The van der Waals surface area contributed by atoms with E-state index in [0.717, 1.165) is 25.7 Å². The number of halogens is 1. The van der Waals surface area contributed by atoms with Crippen LogP contribution < -0.4 is 4.74 Å². The predicted molar refractivity (Wildman–Crippen MR) is 158 cm³/mol. The van der Waals surface area contributed by atoms with Gasteiger partial charge < -0.3 is 19.5 Å². The molecule has 232 valence electrons. The van der Waals surface area contributed by atoms with E-state index in [1.54, 1.807) is 26.8 Å². The average molecular weight is 615 g/mol. The lowest BCUT2D eigenvalue weighted by molar-refractivity contribution is -0.159. The zero-order valence-electron chi connectivity index (χ0n) is 24.8. The Morgan fingerprint density at radius 3 is 2.74 bits per heavy atom. The quantitative estimate of drug-likeness (QED) is 0.336. The van der Waals surface area contributed by atoms with E-state index >= 15 is 0 Å². The highest BCUT2D eigenvalue weighted by atomic mass is 32.1. The molecule has 5 atom stereocenters. The Kier molecular flexibility index (Phi) is 8.92. The van der Waals surface area contributed by atoms with Crippen LogP contribution in [0.15, 0.2) is 30.4 Å². The molecule has 1 N–H and O–H groups in total. The molecule has 11 heteroatoms. The number of benzene rings is 1. The number of carboxylic acids is 1. The van der Waals surface area contributed by atoms with Crippen LogP contribution in [-0.2, 0) is 23.9 Å². The number of fused-ring (bicyclic) bond motifs is 3. The summed E-state index contributed by atoms with van der Waals surface area (Å²) >= 11 is 1.18. The number of carboxylic acid groups (broad SMARTS) is 1. The molecule has 2 aliphatic heterocycles. The first-order valence-corrected chi connectivity index (χ1v) is 15.8. The number of esters is 1. The second-order valence-electron chi connectivity index (χ2n) is 13.0. The first kappa shape index (κ1) is 31.1. The Morgan fingerprint density at radius 1 is 1.21 bits per heavy atom. The molecular formula is C32H39FN2O7S. The monoisotopic (exact) mass is 614 g/mol. The summed E-state index contributed by atoms with van der Waals surface area (Å²) in [4.78, 5) is 59.0. The van der Waals surface area contributed by atoms with E-state index in [-0.39, 0.29) is 49.2 Å². The number of carbonyl (C=O) groups is 4. The van der Waals surface area contributed by atoms with Crippen LogP contribution in [0.4, 0.5) is 4.39 Å². The summed E-state index contributed by atoms with van der Waals surface area (Å²) in [6.45, 7) is 5.41. The molecule has 0 spiro atoms. The van der Waals surface area contributed by atoms with Gasteiger partial charge in [0.15, 0.2) is 5.78 Å². The average Bonchev–Trinajstić information content (AvgIpc) is 3.23. The van der Waals surface area contributed by atoms with Crippen LogP contribution in [0.3, 0.4) is 0 Å². The second kappa shape index (κ2) is 12.3. The molecule has 1 saturated heterocycles. The number of Topliss-reactive ketones (excluding diaryl/α,β-unsaturated/α-hetero) is 1. The van der Waals surface area contributed by atoms with Crippen LogP contribution in [-0.4, -0.2) is 62.9 Å². The molecule has 43 heavy (non-hydrogen) atoms. The number of allylic oxidation sites excluding steroid dienone is 2. The molecule has 1 saturated carbocycles. The molecule has 0 bridgehead atoms. The number of hydrogen-bond acceptors (Lipinski definition) is 8. The smallest absolute Gasteiger partial charge is 0.310 e. The summed E-state index contributed by atoms with van der Waals surface area (Å²) in [5, 5.41) is 10.4. The van der Waals surface area contributed by atoms with Crippen molar-refractivity contribution >= 4 is 45.2 Å². The van der Waals surface area contributed by atoms with E-state index < -0.39 is 41.0 Å². The maximum Gasteiger partial charge on any atom is 0.310 e. The lowest BCUT2D eigenvalue weighted by atomic mass is 9.91. The van der Waals surface area contributed by atoms with Gasteiger partial charge >= 0.3 is 11.9 Å². The molecule has 2 fully saturated rings. The Morgan fingerprint density at radius 2 is 2.00 bits per heavy atom. The molecule has 1 aliphatic carbocycles. The standard InChI is InChI=1S/C32H39FN2O7S/c1-31(2,3)42-27(37)13-19-9-7-5-4-6-8-10-20-16-32(20,29(39)40)17-25(36)24-15-22(18-35(24)28(19)38)41-30-34-23-12-11-21(33)14-26(23)43-30/h8,10-12,14,19-20,22,24H,4-7,9,13,15-18H2,1-3H3,(H,39,40)/b10-8-/t19-,20-,22-,24+,32-/m1/s1. The first-order valence-electron chi connectivity index (χ1n) is 15.0. The van der Waals surface area contributed by atoms with Gasteiger partial charge in [-0.05, 0) is 70.6 Å². The number of hydrogen-bond donors (Lipinski definition) is 1. The highest BCUT2D eigenvalue weighted by Gasteiger charge is 2.61. The van der Waals surface area contributed by atoms with Crippen molar-refractivity contribution in [3.8, 4) is 5.19 Å². The summed E-state index contributed by atoms with van der Waals surface area (Å²) in [6.07, 6.45) is 7.31. The second-order valence-corrected chi connectivity index (χ2v) is 14.0. The minimum atomic E-state index is -1.17. The first-order chi connectivity index (χ1) is 20.3. The van der Waals surface area contributed by atoms with Gasteiger partial charge in [0.2, 0.25) is 5.91 Å². The molecular weight excluding hydrogens is 575 g/mol. The third-order valence-electron chi connectivity index (χ3n) is 8.54. The lowest BCUT2D eigenvalue weighted by Gasteiger charge is -2.29. The van der Waals surface area contributed by atoms with Crippen LogP contribution in [0.1, 0.15) is 78.6 Å². The molecule has 3 heterocycles. The number of thiazole rings is 1. The number of ketones is 1. The minimum absolute atomic E-state index is 0.0910. The predicted octanol–water partition coefficient (Wildman–Crippen LogP) is 5.70. The Hall–Kier alpha value is -3.34. The molecule has 3 aliphatic rings. The van der Waals surface area contributed by atoms with E-state index in [9.17, 15) is 28.7 Å². The summed E-state index contributed by atoms with van der Waals surface area (Å²) in [5.74, 6) is -3.43. The molecule has 9 nitrogen and oxygen atoms in total. The molecule has 1 aromatic heterocycles. The zero-order valence-corrected chi connectivity index (χ0v) is 25.7. The van der Waals surface area contributed by atoms with Crippen molar-refractivity contribution in [2.24, 2.45) is 17.3 Å². The van der Waals surface area contributed by atoms with Gasteiger partial charge in [0.05, 0.1) is 34.6 Å². The largest absolute Gasteiger partial charge is 0.481 e. The van der Waals surface area contributed by atoms with Gasteiger partial charge in [-0.1, -0.05) is 36.3 Å². The summed E-state index contributed by atoms with van der Waals surface area (Å²) in [6, 6.07) is 3.36. The minimum Gasteiger partial charge on any atom is -0.481 e. The van der Waals surface area contributed by atoms with Gasteiger partial charge in [0.1, 0.15) is 17.5 Å². The molecule has 5 rings (SSSR count). The number of ether oxygens (including phenoxy) is 2. The summed E-state index contributed by atoms with van der Waals surface area (Å²) in [5.41, 5.74) is -1.30. The van der Waals surface area contributed by atoms with E-state index in [1.165, 1.54) is 28.4 Å². The van der Waals surface area contributed by atoms with Crippen molar-refractivity contribution in [1.82, 2.24) is 9.88 Å². The molecule has 2 aromatic rings. The van der Waals surface area contributed by atoms with Gasteiger partial charge in [-0.25, -0.2) is 9.37 Å². The maximum atomic E-state index is 14.1. The zero-order chi connectivity index (χ0) is 30.9. The fourth-order valence-electron chi connectivity index (χ4n) is 6.26. The van der Waals surface area contributed by atoms with Gasteiger partial charge in [0.25, 0.3) is 5.19 Å². The topological polar surface area (TPSA) is 123 Å². The van der Waals surface area contributed by atoms with Crippen LogP contribution in [0.25, 0.3) is 10.2 Å². The number of nitrogens with zero attached hydrogens (tertiary/aromatic N) is 2. The van der Waals surface area contributed by atoms with Crippen molar-refractivity contribution in [3.63, 3.8) is 0 Å². The number of aromatic nitrogens is 1. The Labute approximate surface area is 254 Å². The van der Waals surface area contributed by atoms with E-state index in [1.807, 2.05) is 12.2 Å². The number of aliphatic carboxylic acids is 1. The normalized spacial score (nSPS) is 29.3. The maximum absolute atomic E-state index is 14.1. The van der Waals surface area contributed by atoms with Crippen LogP contribution >= 0.6 is 11.3 Å². The molecule has 1 amide bonds. The third kappa shape index (κ3) is 7.25. The number of rotatable bonds is 5. The highest BCUT2D eigenvalue weighted by molar-refractivity contribution is 7.20. The van der Waals surface area contributed by atoms with Crippen molar-refractivity contribution in [2.75, 3.05) is 6.54 Å². The van der Waals surface area contributed by atoms with Crippen molar-refractivity contribution in [1.29, 1.82) is 0 Å².